The van der Waals surface area contributed by atoms with Gasteiger partial charge in [-0.1, -0.05) is 13.8 Å². The van der Waals surface area contributed by atoms with E-state index in [2.05, 4.69) is 34.3 Å². The summed E-state index contributed by atoms with van der Waals surface area (Å²) < 4.78 is 1.67. The highest BCUT2D eigenvalue weighted by Gasteiger charge is 2.27. The molecule has 0 atom stereocenters. The topological polar surface area (TPSA) is 92.2 Å². The third-order valence-electron chi connectivity index (χ3n) is 5.14. The first-order chi connectivity index (χ1) is 11.6. The minimum absolute atomic E-state index is 0.137. The highest BCUT2D eigenvalue weighted by Crippen LogP contribution is 2.33. The maximum atomic E-state index is 12.3. The van der Waals surface area contributed by atoms with Crippen molar-refractivity contribution in [2.75, 3.05) is 6.54 Å². The average Bonchev–Trinajstić information content (AvgIpc) is 2.99. The van der Waals surface area contributed by atoms with E-state index in [4.69, 9.17) is 0 Å². The fourth-order valence-corrected chi connectivity index (χ4v) is 3.55. The van der Waals surface area contributed by atoms with Crippen LogP contribution in [0, 0.1) is 17.8 Å². The van der Waals surface area contributed by atoms with E-state index in [1.807, 2.05) is 0 Å². The molecule has 3 rings (SSSR count). The van der Waals surface area contributed by atoms with Gasteiger partial charge in [0.15, 0.2) is 0 Å². The number of hydrogen-bond donors (Lipinski definition) is 2. The second-order valence-electron chi connectivity index (χ2n) is 7.00. The molecule has 7 heteroatoms. The van der Waals surface area contributed by atoms with E-state index >= 15 is 0 Å². The molecule has 2 heterocycles. The van der Waals surface area contributed by atoms with Gasteiger partial charge < -0.3 is 10.3 Å². The largest absolute Gasteiger partial charge is 0.355 e. The molecule has 2 N–H and O–H groups in total. The standard InChI is InChI=1S/C17H25N5O2/c1-11(2)12-3-5-13(6-4-12)16(23)18-8-7-14-20-21-15-17(24)19-9-10-22(14)15/h9-13H,3-8H2,1-2H3,(H,18,23)(H,19,24). The van der Waals surface area contributed by atoms with E-state index in [1.165, 1.54) is 0 Å². The Morgan fingerprint density at radius 2 is 2.08 bits per heavy atom. The second kappa shape index (κ2) is 7.15. The molecule has 2 aromatic heterocycles. The molecular formula is C17H25N5O2. The normalized spacial score (nSPS) is 21.3. The van der Waals surface area contributed by atoms with Crippen LogP contribution in [0.25, 0.3) is 5.65 Å². The zero-order valence-electron chi connectivity index (χ0n) is 14.3. The van der Waals surface area contributed by atoms with Gasteiger partial charge in [0, 0.05) is 31.3 Å². The minimum atomic E-state index is -0.262. The van der Waals surface area contributed by atoms with Crippen LogP contribution in [0.15, 0.2) is 17.2 Å². The smallest absolute Gasteiger partial charge is 0.293 e. The molecule has 7 nitrogen and oxygen atoms in total. The Morgan fingerprint density at radius 3 is 2.79 bits per heavy atom. The molecule has 0 unspecified atom stereocenters. The Balaban J connectivity index is 1.50. The maximum Gasteiger partial charge on any atom is 0.293 e. The van der Waals surface area contributed by atoms with Crippen LogP contribution < -0.4 is 10.9 Å². The van der Waals surface area contributed by atoms with Gasteiger partial charge in [0.25, 0.3) is 5.56 Å². The van der Waals surface area contributed by atoms with Crippen LogP contribution in [0.3, 0.4) is 0 Å². The Bertz CT molecular complexity index is 756. The molecule has 0 radical (unpaired) electrons. The van der Waals surface area contributed by atoms with Gasteiger partial charge >= 0.3 is 0 Å². The van der Waals surface area contributed by atoms with Gasteiger partial charge in [-0.2, -0.15) is 0 Å². The zero-order valence-corrected chi connectivity index (χ0v) is 14.3. The quantitative estimate of drug-likeness (QED) is 0.869. The molecule has 1 fully saturated rings. The molecule has 0 aliphatic heterocycles. The van der Waals surface area contributed by atoms with Crippen molar-refractivity contribution >= 4 is 11.6 Å². The molecule has 0 aromatic carbocycles. The van der Waals surface area contributed by atoms with Crippen LogP contribution in [0.4, 0.5) is 0 Å². The fourth-order valence-electron chi connectivity index (χ4n) is 3.55. The maximum absolute atomic E-state index is 12.3. The summed E-state index contributed by atoms with van der Waals surface area (Å²) in [6, 6.07) is 0. The number of carbonyl (C=O) groups excluding carboxylic acids is 1. The Morgan fingerprint density at radius 1 is 1.33 bits per heavy atom. The summed E-state index contributed by atoms with van der Waals surface area (Å²) in [5.74, 6) is 2.43. The lowest BCUT2D eigenvalue weighted by molar-refractivity contribution is -0.126. The number of rotatable bonds is 5. The summed E-state index contributed by atoms with van der Waals surface area (Å²) in [7, 11) is 0. The average molecular weight is 331 g/mol. The van der Waals surface area contributed by atoms with Gasteiger partial charge in [0.05, 0.1) is 0 Å². The summed E-state index contributed by atoms with van der Waals surface area (Å²) >= 11 is 0. The predicted molar refractivity (Wildman–Crippen MR) is 90.6 cm³/mol. The molecule has 2 aromatic rings. The van der Waals surface area contributed by atoms with E-state index < -0.39 is 0 Å². The third kappa shape index (κ3) is 3.49. The van der Waals surface area contributed by atoms with Crippen molar-refractivity contribution in [3.63, 3.8) is 0 Å². The number of nitrogens with one attached hydrogen (secondary N) is 2. The van der Waals surface area contributed by atoms with E-state index in [-0.39, 0.29) is 23.0 Å². The van der Waals surface area contributed by atoms with Gasteiger partial charge in [-0.25, -0.2) is 0 Å². The summed E-state index contributed by atoms with van der Waals surface area (Å²) in [6.07, 6.45) is 8.10. The predicted octanol–water partition coefficient (Wildman–Crippen LogP) is 1.54. The van der Waals surface area contributed by atoms with Gasteiger partial charge in [-0.05, 0) is 37.5 Å². The first-order valence-corrected chi connectivity index (χ1v) is 8.75. The third-order valence-corrected chi connectivity index (χ3v) is 5.14. The first-order valence-electron chi connectivity index (χ1n) is 8.75. The van der Waals surface area contributed by atoms with Crippen molar-refractivity contribution in [1.82, 2.24) is 24.9 Å². The van der Waals surface area contributed by atoms with Crippen LogP contribution in [0.2, 0.25) is 0 Å². The van der Waals surface area contributed by atoms with Crippen molar-refractivity contribution in [3.8, 4) is 0 Å². The zero-order chi connectivity index (χ0) is 17.1. The fraction of sp³-hybridized carbons (Fsp3) is 0.647. The summed E-state index contributed by atoms with van der Waals surface area (Å²) in [6.45, 7) is 5.04. The number of hydrogen-bond acceptors (Lipinski definition) is 4. The van der Waals surface area contributed by atoms with Crippen molar-refractivity contribution in [2.45, 2.75) is 46.0 Å². The van der Waals surface area contributed by atoms with Crippen LogP contribution in [0.5, 0.6) is 0 Å². The van der Waals surface area contributed by atoms with Crippen LogP contribution in [0.1, 0.15) is 45.4 Å². The lowest BCUT2D eigenvalue weighted by atomic mass is 9.77. The molecule has 1 saturated carbocycles. The molecule has 130 valence electrons. The Hall–Kier alpha value is -2.18. The molecule has 1 aliphatic carbocycles. The van der Waals surface area contributed by atoms with Crippen molar-refractivity contribution in [1.29, 1.82) is 0 Å². The first kappa shape index (κ1) is 16.7. The molecule has 0 saturated heterocycles. The van der Waals surface area contributed by atoms with Crippen LogP contribution >= 0.6 is 0 Å². The summed E-state index contributed by atoms with van der Waals surface area (Å²) in [4.78, 5) is 26.5. The number of nitrogens with zero attached hydrogens (tertiary/aromatic N) is 3. The van der Waals surface area contributed by atoms with Crippen molar-refractivity contribution < 1.29 is 4.79 Å². The molecule has 1 amide bonds. The number of aromatic amines is 1. The van der Waals surface area contributed by atoms with Gasteiger partial charge in [0.2, 0.25) is 11.6 Å². The minimum Gasteiger partial charge on any atom is -0.355 e. The molecular weight excluding hydrogens is 306 g/mol. The van der Waals surface area contributed by atoms with Crippen molar-refractivity contribution in [3.05, 3.63) is 28.6 Å². The van der Waals surface area contributed by atoms with Crippen LogP contribution in [-0.4, -0.2) is 32.0 Å². The van der Waals surface area contributed by atoms with E-state index in [0.717, 1.165) is 31.6 Å². The van der Waals surface area contributed by atoms with E-state index in [1.54, 1.807) is 16.8 Å². The van der Waals surface area contributed by atoms with Gasteiger partial charge in [-0.3, -0.25) is 14.0 Å². The monoisotopic (exact) mass is 331 g/mol. The lowest BCUT2D eigenvalue weighted by Gasteiger charge is -2.30. The summed E-state index contributed by atoms with van der Waals surface area (Å²) in [5.41, 5.74) is 0.0213. The Labute approximate surface area is 140 Å². The highest BCUT2D eigenvalue weighted by atomic mass is 16.2. The molecule has 0 spiro atoms. The van der Waals surface area contributed by atoms with Crippen LogP contribution in [-0.2, 0) is 11.2 Å². The molecule has 1 aliphatic rings. The number of H-pyrrole nitrogens is 1. The Kier molecular flexibility index (Phi) is 4.97. The second-order valence-corrected chi connectivity index (χ2v) is 7.00. The van der Waals surface area contributed by atoms with Crippen molar-refractivity contribution in [2.24, 2.45) is 17.8 Å². The number of fused-ring (bicyclic) bond motifs is 1. The van der Waals surface area contributed by atoms with E-state index in [9.17, 15) is 9.59 Å². The molecule has 24 heavy (non-hydrogen) atoms. The lowest BCUT2D eigenvalue weighted by Crippen LogP contribution is -2.35. The summed E-state index contributed by atoms with van der Waals surface area (Å²) in [5, 5.41) is 10.9. The number of aromatic nitrogens is 4. The van der Waals surface area contributed by atoms with Gasteiger partial charge in [-0.15, -0.1) is 10.2 Å². The number of carbonyl (C=O) groups is 1. The highest BCUT2D eigenvalue weighted by molar-refractivity contribution is 5.78. The number of amides is 1. The van der Waals surface area contributed by atoms with E-state index in [0.29, 0.717) is 24.7 Å². The molecule has 0 bridgehead atoms. The SMILES string of the molecule is CC(C)C1CCC(C(=O)NCCc2nnc3c(=O)[nH]ccn23)CC1. The van der Waals surface area contributed by atoms with Gasteiger partial charge in [0.1, 0.15) is 5.82 Å².